The van der Waals surface area contributed by atoms with Crippen LogP contribution in [-0.4, -0.2) is 30.6 Å². The van der Waals surface area contributed by atoms with Gasteiger partial charge in [0.15, 0.2) is 0 Å². The van der Waals surface area contributed by atoms with E-state index in [1.165, 1.54) is 24.8 Å². The lowest BCUT2D eigenvalue weighted by atomic mass is 10.0. The SMILES string of the molecule is C=C(C)CN(CC)CC1CCCC1N. The first-order valence-corrected chi connectivity index (χ1v) is 5.75. The molecule has 2 N–H and O–H groups in total. The van der Waals surface area contributed by atoms with Gasteiger partial charge in [-0.3, -0.25) is 4.90 Å². The molecule has 0 amide bonds. The molecule has 2 atom stereocenters. The van der Waals surface area contributed by atoms with E-state index in [1.807, 2.05) is 0 Å². The van der Waals surface area contributed by atoms with Crippen LogP contribution in [0.1, 0.15) is 33.1 Å². The molecular formula is C12H24N2. The minimum atomic E-state index is 0.439. The van der Waals surface area contributed by atoms with Gasteiger partial charge in [-0.05, 0) is 32.2 Å². The van der Waals surface area contributed by atoms with Crippen molar-refractivity contribution in [2.75, 3.05) is 19.6 Å². The largest absolute Gasteiger partial charge is 0.327 e. The predicted molar refractivity (Wildman–Crippen MR) is 62.2 cm³/mol. The van der Waals surface area contributed by atoms with Crippen molar-refractivity contribution in [2.45, 2.75) is 39.2 Å². The molecule has 1 aliphatic rings. The molecular weight excluding hydrogens is 172 g/mol. The average molecular weight is 196 g/mol. The zero-order valence-electron chi connectivity index (χ0n) is 9.63. The molecule has 1 aliphatic carbocycles. The number of likely N-dealkylation sites (N-methyl/N-ethyl adjacent to an activating group) is 1. The van der Waals surface area contributed by atoms with Crippen LogP contribution in [0.15, 0.2) is 12.2 Å². The number of hydrogen-bond acceptors (Lipinski definition) is 2. The second-order valence-corrected chi connectivity index (χ2v) is 4.64. The Morgan fingerprint density at radius 1 is 1.50 bits per heavy atom. The molecule has 2 nitrogen and oxygen atoms in total. The molecule has 2 heteroatoms. The fraction of sp³-hybridized carbons (Fsp3) is 0.833. The Morgan fingerprint density at radius 3 is 2.64 bits per heavy atom. The summed E-state index contributed by atoms with van der Waals surface area (Å²) in [6.45, 7) is 11.6. The lowest BCUT2D eigenvalue weighted by Gasteiger charge is -2.26. The zero-order chi connectivity index (χ0) is 10.6. The van der Waals surface area contributed by atoms with E-state index < -0.39 is 0 Å². The molecule has 0 saturated heterocycles. The van der Waals surface area contributed by atoms with Crippen LogP contribution < -0.4 is 5.73 Å². The van der Waals surface area contributed by atoms with E-state index >= 15 is 0 Å². The normalized spacial score (nSPS) is 27.1. The maximum absolute atomic E-state index is 6.06. The number of hydrogen-bond donors (Lipinski definition) is 1. The Hall–Kier alpha value is -0.340. The van der Waals surface area contributed by atoms with Crippen molar-refractivity contribution in [3.63, 3.8) is 0 Å². The topological polar surface area (TPSA) is 29.3 Å². The smallest absolute Gasteiger partial charge is 0.0187 e. The van der Waals surface area contributed by atoms with Crippen LogP contribution in [0.3, 0.4) is 0 Å². The molecule has 0 bridgehead atoms. The Bertz CT molecular complexity index is 189. The molecule has 1 saturated carbocycles. The molecule has 82 valence electrons. The van der Waals surface area contributed by atoms with Crippen LogP contribution in [0.5, 0.6) is 0 Å². The molecule has 0 aromatic carbocycles. The van der Waals surface area contributed by atoms with Gasteiger partial charge in [-0.15, -0.1) is 0 Å². The number of nitrogens with two attached hydrogens (primary N) is 1. The van der Waals surface area contributed by atoms with Gasteiger partial charge in [-0.2, -0.15) is 0 Å². The highest BCUT2D eigenvalue weighted by Gasteiger charge is 2.25. The van der Waals surface area contributed by atoms with Crippen molar-refractivity contribution < 1.29 is 0 Å². The highest BCUT2D eigenvalue weighted by Crippen LogP contribution is 2.24. The van der Waals surface area contributed by atoms with E-state index in [-0.39, 0.29) is 0 Å². The third-order valence-corrected chi connectivity index (χ3v) is 3.15. The van der Waals surface area contributed by atoms with Gasteiger partial charge in [-0.1, -0.05) is 25.5 Å². The molecule has 0 aliphatic heterocycles. The van der Waals surface area contributed by atoms with Gasteiger partial charge in [0.1, 0.15) is 0 Å². The average Bonchev–Trinajstić information content (AvgIpc) is 2.50. The zero-order valence-corrected chi connectivity index (χ0v) is 9.63. The van der Waals surface area contributed by atoms with Gasteiger partial charge in [0.05, 0.1) is 0 Å². The lowest BCUT2D eigenvalue weighted by Crippen LogP contribution is -2.36. The minimum Gasteiger partial charge on any atom is -0.327 e. The third-order valence-electron chi connectivity index (χ3n) is 3.15. The van der Waals surface area contributed by atoms with Crippen molar-refractivity contribution in [3.05, 3.63) is 12.2 Å². The van der Waals surface area contributed by atoms with Crippen LogP contribution in [0.25, 0.3) is 0 Å². The Labute approximate surface area is 88.2 Å². The summed E-state index contributed by atoms with van der Waals surface area (Å²) in [4.78, 5) is 2.46. The van der Waals surface area contributed by atoms with E-state index in [0.29, 0.717) is 12.0 Å². The summed E-state index contributed by atoms with van der Waals surface area (Å²) in [7, 11) is 0. The summed E-state index contributed by atoms with van der Waals surface area (Å²) in [6.07, 6.45) is 3.85. The minimum absolute atomic E-state index is 0.439. The summed E-state index contributed by atoms with van der Waals surface area (Å²) in [5.74, 6) is 0.717. The van der Waals surface area contributed by atoms with Crippen LogP contribution in [0, 0.1) is 5.92 Å². The van der Waals surface area contributed by atoms with E-state index in [2.05, 4.69) is 25.3 Å². The van der Waals surface area contributed by atoms with Crippen molar-refractivity contribution in [2.24, 2.45) is 11.7 Å². The van der Waals surface area contributed by atoms with Crippen LogP contribution in [0.2, 0.25) is 0 Å². The van der Waals surface area contributed by atoms with Crippen LogP contribution in [-0.2, 0) is 0 Å². The molecule has 2 unspecified atom stereocenters. The summed E-state index contributed by atoms with van der Waals surface area (Å²) in [5.41, 5.74) is 7.31. The van der Waals surface area contributed by atoms with Crippen LogP contribution in [0.4, 0.5) is 0 Å². The second kappa shape index (κ2) is 5.52. The fourth-order valence-corrected chi connectivity index (χ4v) is 2.31. The van der Waals surface area contributed by atoms with Gasteiger partial charge < -0.3 is 5.73 Å². The van der Waals surface area contributed by atoms with Crippen molar-refractivity contribution in [1.82, 2.24) is 4.90 Å². The second-order valence-electron chi connectivity index (χ2n) is 4.64. The van der Waals surface area contributed by atoms with Crippen molar-refractivity contribution >= 4 is 0 Å². The standard InChI is InChI=1S/C12H24N2/c1-4-14(8-10(2)3)9-11-6-5-7-12(11)13/h11-12H,2,4-9,13H2,1,3H3. The van der Waals surface area contributed by atoms with Crippen molar-refractivity contribution in [1.29, 1.82) is 0 Å². The van der Waals surface area contributed by atoms with Crippen molar-refractivity contribution in [3.8, 4) is 0 Å². The molecule has 0 aromatic rings. The first-order valence-electron chi connectivity index (χ1n) is 5.75. The van der Waals surface area contributed by atoms with Gasteiger partial charge in [0.2, 0.25) is 0 Å². The van der Waals surface area contributed by atoms with Gasteiger partial charge >= 0.3 is 0 Å². The molecule has 14 heavy (non-hydrogen) atoms. The van der Waals surface area contributed by atoms with Gasteiger partial charge in [0, 0.05) is 19.1 Å². The third kappa shape index (κ3) is 3.43. The monoisotopic (exact) mass is 196 g/mol. The molecule has 0 spiro atoms. The van der Waals surface area contributed by atoms with E-state index in [1.54, 1.807) is 0 Å². The Kier molecular flexibility index (Phi) is 4.63. The molecule has 0 radical (unpaired) electrons. The first kappa shape index (κ1) is 11.7. The Balaban J connectivity index is 2.35. The number of rotatable bonds is 5. The highest BCUT2D eigenvalue weighted by molar-refractivity contribution is 4.93. The lowest BCUT2D eigenvalue weighted by molar-refractivity contribution is 0.250. The summed E-state index contributed by atoms with van der Waals surface area (Å²) >= 11 is 0. The quantitative estimate of drug-likeness (QED) is 0.682. The van der Waals surface area contributed by atoms with E-state index in [9.17, 15) is 0 Å². The van der Waals surface area contributed by atoms with Crippen LogP contribution >= 0.6 is 0 Å². The molecule has 1 rings (SSSR count). The number of nitrogens with zero attached hydrogens (tertiary/aromatic N) is 1. The van der Waals surface area contributed by atoms with Gasteiger partial charge in [-0.25, -0.2) is 0 Å². The molecule has 1 fully saturated rings. The maximum Gasteiger partial charge on any atom is 0.0187 e. The summed E-state index contributed by atoms with van der Waals surface area (Å²) < 4.78 is 0. The predicted octanol–water partition coefficient (Wildman–Crippen LogP) is 2.01. The van der Waals surface area contributed by atoms with Gasteiger partial charge in [0.25, 0.3) is 0 Å². The van der Waals surface area contributed by atoms with E-state index in [4.69, 9.17) is 5.73 Å². The summed E-state index contributed by atoms with van der Waals surface area (Å²) in [6, 6.07) is 0.439. The maximum atomic E-state index is 6.06. The van der Waals surface area contributed by atoms with E-state index in [0.717, 1.165) is 19.6 Å². The first-order chi connectivity index (χ1) is 6.63. The molecule has 0 aromatic heterocycles. The molecule has 0 heterocycles. The summed E-state index contributed by atoms with van der Waals surface area (Å²) in [5, 5.41) is 0. The fourth-order valence-electron chi connectivity index (χ4n) is 2.31. The highest BCUT2D eigenvalue weighted by atomic mass is 15.1. The Morgan fingerprint density at radius 2 is 2.21 bits per heavy atom.